The number of halogens is 1. The highest BCUT2D eigenvalue weighted by Gasteiger charge is 2.46. The number of nitrogens with two attached hydrogens (primary N) is 1. The first-order chi connectivity index (χ1) is 10.6. The Morgan fingerprint density at radius 2 is 2.23 bits per heavy atom. The van der Waals surface area contributed by atoms with E-state index in [1.165, 1.54) is 7.11 Å². The smallest absolute Gasteiger partial charge is 0.166 e. The Bertz CT molecular complexity index is 725. The number of aromatic amines is 1. The number of Topliss-reactive ketones (excluding diaryl/α,β-unsaturated/α-hetero) is 1. The molecule has 3 rings (SSSR count). The first-order valence-corrected chi connectivity index (χ1v) is 7.33. The summed E-state index contributed by atoms with van der Waals surface area (Å²) in [4.78, 5) is 20.2. The van der Waals surface area contributed by atoms with Crippen LogP contribution in [0.4, 0.5) is 0 Å². The van der Waals surface area contributed by atoms with Crippen LogP contribution in [0.5, 0.6) is 0 Å². The lowest BCUT2D eigenvalue weighted by Crippen LogP contribution is -2.18. The topological polar surface area (TPSA) is 80.5 Å². The van der Waals surface area contributed by atoms with Crippen LogP contribution >= 0.6 is 11.6 Å². The largest absolute Gasteiger partial charge is 0.398 e. The number of hydrogen-bond acceptors (Lipinski definition) is 3. The second-order valence-electron chi connectivity index (χ2n) is 5.29. The second-order valence-corrected chi connectivity index (χ2v) is 5.70. The molecule has 1 aromatic carbocycles. The molecule has 1 aromatic heterocycles. The van der Waals surface area contributed by atoms with Crippen molar-refractivity contribution in [3.05, 3.63) is 47.1 Å². The summed E-state index contributed by atoms with van der Waals surface area (Å²) in [5.74, 6) is 0.245. The molecule has 2 aromatic rings. The average molecular weight is 318 g/mol. The zero-order valence-corrected chi connectivity index (χ0v) is 12.8. The molecule has 0 amide bonds. The Kier molecular flexibility index (Phi) is 3.90. The van der Waals surface area contributed by atoms with Gasteiger partial charge in [-0.1, -0.05) is 28.9 Å². The van der Waals surface area contributed by atoms with Crippen molar-refractivity contribution in [2.75, 3.05) is 7.11 Å². The van der Waals surface area contributed by atoms with Crippen molar-refractivity contribution in [1.82, 2.24) is 4.98 Å². The van der Waals surface area contributed by atoms with Crippen LogP contribution in [-0.2, 0) is 4.84 Å². The maximum Gasteiger partial charge on any atom is 0.166 e. The van der Waals surface area contributed by atoms with Crippen LogP contribution in [0.25, 0.3) is 11.3 Å². The van der Waals surface area contributed by atoms with Crippen LogP contribution < -0.4 is 5.73 Å². The summed E-state index contributed by atoms with van der Waals surface area (Å²) in [5.41, 5.74) is 8.14. The van der Waals surface area contributed by atoms with Gasteiger partial charge < -0.3 is 15.6 Å². The number of amidine groups is 1. The minimum atomic E-state index is -0.133. The van der Waals surface area contributed by atoms with E-state index in [2.05, 4.69) is 15.0 Å². The Morgan fingerprint density at radius 1 is 1.41 bits per heavy atom. The van der Waals surface area contributed by atoms with Gasteiger partial charge in [-0.3, -0.25) is 4.79 Å². The van der Waals surface area contributed by atoms with E-state index in [0.29, 0.717) is 22.8 Å². The molecule has 0 aliphatic heterocycles. The molecule has 1 aliphatic carbocycles. The summed E-state index contributed by atoms with van der Waals surface area (Å²) in [6, 6.07) is 9.19. The van der Waals surface area contributed by atoms with Crippen molar-refractivity contribution >= 4 is 23.2 Å². The highest BCUT2D eigenvalue weighted by Crippen LogP contribution is 2.41. The van der Waals surface area contributed by atoms with Gasteiger partial charge in [0, 0.05) is 34.9 Å². The maximum atomic E-state index is 12.5. The number of benzene rings is 1. The predicted octanol–water partition coefficient (Wildman–Crippen LogP) is 3.07. The summed E-state index contributed by atoms with van der Waals surface area (Å²) < 4.78 is 0. The lowest BCUT2D eigenvalue weighted by Gasteiger charge is -2.06. The molecule has 3 N–H and O–H groups in total. The summed E-state index contributed by atoms with van der Waals surface area (Å²) >= 11 is 6.30. The van der Waals surface area contributed by atoms with Crippen molar-refractivity contribution in [3.63, 3.8) is 0 Å². The highest BCUT2D eigenvalue weighted by atomic mass is 35.5. The fraction of sp³-hybridized carbons (Fsp3) is 0.250. The molecule has 1 fully saturated rings. The van der Waals surface area contributed by atoms with Crippen LogP contribution in [0.15, 0.2) is 41.7 Å². The number of H-pyrrole nitrogens is 1. The molecule has 0 spiro atoms. The average Bonchev–Trinajstić information content (AvgIpc) is 3.13. The highest BCUT2D eigenvalue weighted by molar-refractivity contribution is 6.33. The molecule has 5 nitrogen and oxygen atoms in total. The Labute approximate surface area is 133 Å². The van der Waals surface area contributed by atoms with Gasteiger partial charge in [0.1, 0.15) is 12.9 Å². The number of carbonyl (C=O) groups excluding carboxylic acids is 1. The van der Waals surface area contributed by atoms with E-state index in [9.17, 15) is 4.79 Å². The summed E-state index contributed by atoms with van der Waals surface area (Å²) in [6.07, 6.45) is 2.53. The molecule has 0 unspecified atom stereocenters. The summed E-state index contributed by atoms with van der Waals surface area (Å²) in [6.45, 7) is 0. The van der Waals surface area contributed by atoms with Crippen molar-refractivity contribution in [1.29, 1.82) is 0 Å². The molecule has 1 saturated carbocycles. The SMILES string of the molecule is CO/N=C(\N)[C@H]1C[C@@H]1C(=O)c1ccc(-c2ccc[nH]2)c(Cl)c1. The van der Waals surface area contributed by atoms with E-state index in [-0.39, 0.29) is 17.6 Å². The zero-order valence-electron chi connectivity index (χ0n) is 12.0. The first-order valence-electron chi connectivity index (χ1n) is 6.96. The number of rotatable bonds is 5. The lowest BCUT2D eigenvalue weighted by molar-refractivity contribution is 0.0964. The van der Waals surface area contributed by atoms with E-state index in [0.717, 1.165) is 11.3 Å². The standard InChI is InChI=1S/C16H16ClN3O2/c1-22-20-16(18)12-8-11(12)15(21)9-4-5-10(13(17)7-9)14-3-2-6-19-14/h2-7,11-12,19H,8H2,1H3,(H2,18,20)/t11-,12-/m0/s1. The van der Waals surface area contributed by atoms with E-state index >= 15 is 0 Å². The van der Waals surface area contributed by atoms with Gasteiger partial charge in [-0.05, 0) is 24.6 Å². The van der Waals surface area contributed by atoms with Gasteiger partial charge >= 0.3 is 0 Å². The number of oxime groups is 1. The fourth-order valence-corrected chi connectivity index (χ4v) is 2.87. The van der Waals surface area contributed by atoms with Crippen LogP contribution in [0.2, 0.25) is 5.02 Å². The third kappa shape index (κ3) is 2.72. The second kappa shape index (κ2) is 5.85. The third-order valence-corrected chi connectivity index (χ3v) is 4.16. The lowest BCUT2D eigenvalue weighted by atomic mass is 10.0. The van der Waals surface area contributed by atoms with Gasteiger partial charge in [-0.2, -0.15) is 0 Å². The molecule has 0 radical (unpaired) electrons. The van der Waals surface area contributed by atoms with Gasteiger partial charge in [0.05, 0.1) is 5.02 Å². The molecule has 0 saturated heterocycles. The van der Waals surface area contributed by atoms with Crippen LogP contribution in [0.1, 0.15) is 16.8 Å². The van der Waals surface area contributed by atoms with Crippen molar-refractivity contribution in [2.24, 2.45) is 22.7 Å². The quantitative estimate of drug-likeness (QED) is 0.385. The molecule has 114 valence electrons. The minimum Gasteiger partial charge on any atom is -0.398 e. The maximum absolute atomic E-state index is 12.5. The van der Waals surface area contributed by atoms with E-state index in [1.54, 1.807) is 12.1 Å². The number of nitrogens with one attached hydrogen (secondary N) is 1. The molecule has 6 heteroatoms. The number of aromatic nitrogens is 1. The number of hydrogen-bond donors (Lipinski definition) is 2. The van der Waals surface area contributed by atoms with Crippen molar-refractivity contribution in [3.8, 4) is 11.3 Å². The number of nitrogens with zero attached hydrogens (tertiary/aromatic N) is 1. The van der Waals surface area contributed by atoms with Crippen LogP contribution in [0, 0.1) is 11.8 Å². The normalized spacial score (nSPS) is 20.7. The monoisotopic (exact) mass is 317 g/mol. The molecule has 1 aliphatic rings. The Morgan fingerprint density at radius 3 is 2.86 bits per heavy atom. The first kappa shape index (κ1) is 14.7. The third-order valence-electron chi connectivity index (χ3n) is 3.85. The van der Waals surface area contributed by atoms with Crippen LogP contribution in [-0.4, -0.2) is 23.7 Å². The van der Waals surface area contributed by atoms with Crippen LogP contribution in [0.3, 0.4) is 0 Å². The molecular weight excluding hydrogens is 302 g/mol. The van der Waals surface area contributed by atoms with E-state index in [1.807, 2.05) is 24.4 Å². The molecule has 2 atom stereocenters. The number of carbonyl (C=O) groups is 1. The number of ketones is 1. The predicted molar refractivity (Wildman–Crippen MR) is 85.8 cm³/mol. The molecular formula is C16H16ClN3O2. The molecule has 1 heterocycles. The Hall–Kier alpha value is -2.27. The van der Waals surface area contributed by atoms with Gasteiger partial charge in [-0.25, -0.2) is 0 Å². The molecule has 0 bridgehead atoms. The van der Waals surface area contributed by atoms with Crippen molar-refractivity contribution in [2.45, 2.75) is 6.42 Å². The van der Waals surface area contributed by atoms with Crippen molar-refractivity contribution < 1.29 is 9.63 Å². The van der Waals surface area contributed by atoms with E-state index in [4.69, 9.17) is 17.3 Å². The fourth-order valence-electron chi connectivity index (χ4n) is 2.58. The van der Waals surface area contributed by atoms with Gasteiger partial charge in [0.2, 0.25) is 0 Å². The summed E-state index contributed by atoms with van der Waals surface area (Å²) in [5, 5.41) is 4.24. The van der Waals surface area contributed by atoms with E-state index < -0.39 is 0 Å². The summed E-state index contributed by atoms with van der Waals surface area (Å²) in [7, 11) is 1.44. The minimum absolute atomic E-state index is 0.0330. The zero-order chi connectivity index (χ0) is 15.7. The molecule has 22 heavy (non-hydrogen) atoms. The van der Waals surface area contributed by atoms with Gasteiger partial charge in [0.25, 0.3) is 0 Å². The Balaban J connectivity index is 1.78. The van der Waals surface area contributed by atoms with Gasteiger partial charge in [-0.15, -0.1) is 0 Å². The van der Waals surface area contributed by atoms with Gasteiger partial charge in [0.15, 0.2) is 5.78 Å².